The molecule has 1 aliphatic carbocycles. The Kier molecular flexibility index (Phi) is 3.08. The molecule has 1 aliphatic heterocycles. The Bertz CT molecular complexity index is 668. The molecule has 0 amide bonds. The first-order valence-corrected chi connectivity index (χ1v) is 7.67. The van der Waals surface area contributed by atoms with Gasteiger partial charge in [-0.25, -0.2) is 0 Å². The van der Waals surface area contributed by atoms with E-state index in [0.717, 1.165) is 37.3 Å². The van der Waals surface area contributed by atoms with Crippen LogP contribution in [0.2, 0.25) is 0 Å². The number of anilines is 1. The molecule has 0 aromatic heterocycles. The van der Waals surface area contributed by atoms with Crippen LogP contribution in [0.15, 0.2) is 42.5 Å². The van der Waals surface area contributed by atoms with Crippen molar-refractivity contribution < 1.29 is 4.74 Å². The zero-order chi connectivity index (χ0) is 14.2. The molecule has 1 heterocycles. The predicted molar refractivity (Wildman–Crippen MR) is 84.3 cm³/mol. The van der Waals surface area contributed by atoms with Gasteiger partial charge < -0.3 is 15.8 Å². The summed E-state index contributed by atoms with van der Waals surface area (Å²) in [6.07, 6.45) is 3.29. The van der Waals surface area contributed by atoms with E-state index in [4.69, 9.17) is 10.5 Å². The van der Waals surface area contributed by atoms with Crippen LogP contribution in [0.3, 0.4) is 0 Å². The van der Waals surface area contributed by atoms with Crippen LogP contribution in [0.25, 0.3) is 0 Å². The maximum atomic E-state index is 5.89. The van der Waals surface area contributed by atoms with Gasteiger partial charge in [-0.1, -0.05) is 24.3 Å². The zero-order valence-corrected chi connectivity index (χ0v) is 12.0. The summed E-state index contributed by atoms with van der Waals surface area (Å²) in [4.78, 5) is 0. The zero-order valence-electron chi connectivity index (χ0n) is 12.0. The van der Waals surface area contributed by atoms with E-state index in [1.807, 2.05) is 12.1 Å². The third-order valence-electron chi connectivity index (χ3n) is 4.61. The van der Waals surface area contributed by atoms with E-state index < -0.39 is 0 Å². The van der Waals surface area contributed by atoms with Gasteiger partial charge in [0.25, 0.3) is 0 Å². The predicted octanol–water partition coefficient (Wildman–Crippen LogP) is 3.37. The fraction of sp³-hybridized carbons (Fsp3) is 0.333. The molecular weight excluding hydrogens is 260 g/mol. The summed E-state index contributed by atoms with van der Waals surface area (Å²) in [7, 11) is 0. The van der Waals surface area contributed by atoms with Gasteiger partial charge in [0.2, 0.25) is 0 Å². The van der Waals surface area contributed by atoms with Crippen LogP contribution in [0.1, 0.15) is 41.6 Å². The van der Waals surface area contributed by atoms with E-state index in [0.29, 0.717) is 12.1 Å². The summed E-state index contributed by atoms with van der Waals surface area (Å²) in [5.74, 6) is 1.02. The van der Waals surface area contributed by atoms with Crippen molar-refractivity contribution in [3.8, 4) is 5.75 Å². The highest BCUT2D eigenvalue weighted by Crippen LogP contribution is 2.38. The van der Waals surface area contributed by atoms with Gasteiger partial charge in [0.15, 0.2) is 0 Å². The van der Waals surface area contributed by atoms with E-state index >= 15 is 0 Å². The Morgan fingerprint density at radius 1 is 1.00 bits per heavy atom. The SMILES string of the molecule is Nc1ccc2c(c1)CCC2NC1CCOc2ccccc21. The highest BCUT2D eigenvalue weighted by Gasteiger charge is 2.28. The molecule has 3 nitrogen and oxygen atoms in total. The van der Waals surface area contributed by atoms with Crippen molar-refractivity contribution in [3.63, 3.8) is 0 Å². The van der Waals surface area contributed by atoms with Crippen LogP contribution in [-0.4, -0.2) is 6.61 Å². The first kappa shape index (κ1) is 12.7. The molecule has 0 bridgehead atoms. The third kappa shape index (κ3) is 2.28. The second kappa shape index (κ2) is 5.08. The molecule has 4 rings (SSSR count). The van der Waals surface area contributed by atoms with Gasteiger partial charge in [0.1, 0.15) is 5.75 Å². The fourth-order valence-corrected chi connectivity index (χ4v) is 3.57. The molecule has 21 heavy (non-hydrogen) atoms. The Morgan fingerprint density at radius 3 is 2.81 bits per heavy atom. The maximum Gasteiger partial charge on any atom is 0.124 e. The van der Waals surface area contributed by atoms with Crippen LogP contribution in [0.5, 0.6) is 5.75 Å². The van der Waals surface area contributed by atoms with Crippen molar-refractivity contribution in [2.24, 2.45) is 0 Å². The summed E-state index contributed by atoms with van der Waals surface area (Å²) < 4.78 is 5.75. The molecule has 0 spiro atoms. The monoisotopic (exact) mass is 280 g/mol. The number of benzene rings is 2. The maximum absolute atomic E-state index is 5.89. The summed E-state index contributed by atoms with van der Waals surface area (Å²) in [5, 5.41) is 3.83. The average molecular weight is 280 g/mol. The lowest BCUT2D eigenvalue weighted by atomic mass is 9.98. The Hall–Kier alpha value is -2.00. The number of nitrogens with two attached hydrogens (primary N) is 1. The number of nitrogen functional groups attached to an aromatic ring is 1. The number of hydrogen-bond acceptors (Lipinski definition) is 3. The summed E-state index contributed by atoms with van der Waals surface area (Å²) in [6, 6.07) is 15.5. The molecular formula is C18H20N2O. The summed E-state index contributed by atoms with van der Waals surface area (Å²) in [6.45, 7) is 0.788. The van der Waals surface area contributed by atoms with Crippen LogP contribution >= 0.6 is 0 Å². The topological polar surface area (TPSA) is 47.3 Å². The normalized spacial score (nSPS) is 23.2. The molecule has 0 fully saturated rings. The lowest BCUT2D eigenvalue weighted by molar-refractivity contribution is 0.244. The summed E-state index contributed by atoms with van der Waals surface area (Å²) in [5.41, 5.74) is 10.8. The second-order valence-corrected chi connectivity index (χ2v) is 5.94. The molecule has 3 heteroatoms. The molecule has 2 unspecified atom stereocenters. The van der Waals surface area contributed by atoms with Gasteiger partial charge in [0.05, 0.1) is 6.61 Å². The van der Waals surface area contributed by atoms with Gasteiger partial charge in [0, 0.05) is 29.8 Å². The number of aryl methyl sites for hydroxylation is 1. The van der Waals surface area contributed by atoms with Gasteiger partial charge in [-0.05, 0) is 42.2 Å². The van der Waals surface area contributed by atoms with Gasteiger partial charge in [-0.2, -0.15) is 0 Å². The molecule has 2 aromatic rings. The van der Waals surface area contributed by atoms with E-state index in [2.05, 4.69) is 35.6 Å². The van der Waals surface area contributed by atoms with Gasteiger partial charge in [-0.3, -0.25) is 0 Å². The van der Waals surface area contributed by atoms with Crippen molar-refractivity contribution in [3.05, 3.63) is 59.2 Å². The molecule has 108 valence electrons. The Morgan fingerprint density at radius 2 is 1.86 bits per heavy atom. The number of para-hydroxylation sites is 1. The summed E-state index contributed by atoms with van der Waals surface area (Å²) >= 11 is 0. The van der Waals surface area contributed by atoms with Crippen LogP contribution in [0.4, 0.5) is 5.69 Å². The minimum Gasteiger partial charge on any atom is -0.493 e. The number of fused-ring (bicyclic) bond motifs is 2. The van der Waals surface area contributed by atoms with E-state index in [1.54, 1.807) is 0 Å². The van der Waals surface area contributed by atoms with E-state index in [9.17, 15) is 0 Å². The van der Waals surface area contributed by atoms with Crippen molar-refractivity contribution in [2.45, 2.75) is 31.3 Å². The second-order valence-electron chi connectivity index (χ2n) is 5.94. The molecule has 2 aromatic carbocycles. The van der Waals surface area contributed by atoms with Crippen LogP contribution in [-0.2, 0) is 6.42 Å². The Balaban J connectivity index is 1.59. The molecule has 2 atom stereocenters. The highest BCUT2D eigenvalue weighted by molar-refractivity contribution is 5.48. The first-order valence-electron chi connectivity index (χ1n) is 7.67. The minimum absolute atomic E-state index is 0.378. The molecule has 3 N–H and O–H groups in total. The molecule has 2 aliphatic rings. The van der Waals surface area contributed by atoms with Gasteiger partial charge in [-0.15, -0.1) is 0 Å². The van der Waals surface area contributed by atoms with E-state index in [-0.39, 0.29) is 0 Å². The largest absolute Gasteiger partial charge is 0.493 e. The van der Waals surface area contributed by atoms with Crippen molar-refractivity contribution in [1.82, 2.24) is 5.32 Å². The Labute approximate surface area is 125 Å². The highest BCUT2D eigenvalue weighted by atomic mass is 16.5. The van der Waals surface area contributed by atoms with Crippen LogP contribution in [0, 0.1) is 0 Å². The van der Waals surface area contributed by atoms with E-state index in [1.165, 1.54) is 16.7 Å². The molecule has 0 saturated heterocycles. The smallest absolute Gasteiger partial charge is 0.124 e. The number of nitrogens with one attached hydrogen (secondary N) is 1. The number of rotatable bonds is 2. The average Bonchev–Trinajstić information content (AvgIpc) is 2.90. The molecule has 0 saturated carbocycles. The lowest BCUT2D eigenvalue weighted by Gasteiger charge is -2.29. The lowest BCUT2D eigenvalue weighted by Crippen LogP contribution is -2.29. The third-order valence-corrected chi connectivity index (χ3v) is 4.61. The van der Waals surface area contributed by atoms with Crippen molar-refractivity contribution >= 4 is 5.69 Å². The van der Waals surface area contributed by atoms with Crippen molar-refractivity contribution in [1.29, 1.82) is 0 Å². The number of hydrogen-bond donors (Lipinski definition) is 2. The fourth-order valence-electron chi connectivity index (χ4n) is 3.57. The minimum atomic E-state index is 0.378. The van der Waals surface area contributed by atoms with Crippen molar-refractivity contribution in [2.75, 3.05) is 12.3 Å². The molecule has 0 radical (unpaired) electrons. The quantitative estimate of drug-likeness (QED) is 0.829. The standard InChI is InChI=1S/C18H20N2O/c19-13-6-7-14-12(11-13)5-8-16(14)20-17-9-10-21-18-4-2-1-3-15(17)18/h1-4,6-7,11,16-17,20H,5,8-10,19H2. The van der Waals surface area contributed by atoms with Gasteiger partial charge >= 0.3 is 0 Å². The van der Waals surface area contributed by atoms with Crippen LogP contribution < -0.4 is 15.8 Å². The first-order chi connectivity index (χ1) is 10.3. The number of ether oxygens (including phenoxy) is 1.